The topological polar surface area (TPSA) is 67.0 Å². The van der Waals surface area contributed by atoms with Crippen LogP contribution in [-0.2, 0) is 4.74 Å². The zero-order valence-electron chi connectivity index (χ0n) is 17.1. The Balaban J connectivity index is 1.73. The van der Waals surface area contributed by atoms with Crippen LogP contribution in [0.2, 0.25) is 0 Å². The molecule has 3 aromatic rings. The molecule has 0 saturated carbocycles. The second-order valence-electron chi connectivity index (χ2n) is 6.85. The van der Waals surface area contributed by atoms with E-state index in [1.54, 1.807) is 36.6 Å². The van der Waals surface area contributed by atoms with Gasteiger partial charge in [-0.05, 0) is 34.4 Å². The van der Waals surface area contributed by atoms with E-state index in [-0.39, 0.29) is 18.3 Å². The van der Waals surface area contributed by atoms with Crippen LogP contribution in [0.5, 0.6) is 0 Å². The number of carbonyl (C=O) groups excluding carboxylic acids is 1. The maximum Gasteiger partial charge on any atom is 0.407 e. The molecule has 0 spiro atoms. The minimum atomic E-state index is -0.543. The number of allylic oxidation sites excluding steroid dienone is 2. The summed E-state index contributed by atoms with van der Waals surface area (Å²) in [5.74, 6) is -0.481. The first-order chi connectivity index (χ1) is 15.1. The van der Waals surface area contributed by atoms with E-state index in [0.717, 1.165) is 27.8 Å². The molecule has 5 nitrogen and oxygen atoms in total. The summed E-state index contributed by atoms with van der Waals surface area (Å²) in [4.78, 5) is 12.2. The second kappa shape index (κ2) is 10.7. The number of halogens is 1. The number of amides is 1. The maximum atomic E-state index is 13.4. The van der Waals surface area contributed by atoms with Crippen molar-refractivity contribution in [2.45, 2.75) is 5.92 Å². The standard InChI is InChI=1S/C25H24FN3O2/c1-3-5-18(4-2)17-31-25(30)27-16-24(21-10-12-23(26)13-11-21)20-8-6-19(7-9-20)22-14-28-29-15-22/h3-15,24H,1-2,16-17H2,(H,27,30)(H,28,29). The molecule has 1 atom stereocenters. The minimum absolute atomic E-state index is 0.0992. The molecule has 2 aromatic carbocycles. The van der Waals surface area contributed by atoms with Gasteiger partial charge < -0.3 is 10.1 Å². The van der Waals surface area contributed by atoms with E-state index in [0.29, 0.717) is 6.54 Å². The summed E-state index contributed by atoms with van der Waals surface area (Å²) in [6, 6.07) is 14.2. The number of aromatic nitrogens is 2. The van der Waals surface area contributed by atoms with E-state index in [1.807, 2.05) is 30.5 Å². The van der Waals surface area contributed by atoms with Gasteiger partial charge in [0, 0.05) is 24.2 Å². The summed E-state index contributed by atoms with van der Waals surface area (Å²) in [5, 5.41) is 9.57. The van der Waals surface area contributed by atoms with Gasteiger partial charge in [-0.1, -0.05) is 67.8 Å². The first-order valence-electron chi connectivity index (χ1n) is 9.80. The molecule has 1 heterocycles. The van der Waals surface area contributed by atoms with Gasteiger partial charge in [-0.3, -0.25) is 5.10 Å². The molecule has 6 heteroatoms. The van der Waals surface area contributed by atoms with Crippen molar-refractivity contribution in [3.63, 3.8) is 0 Å². The predicted molar refractivity (Wildman–Crippen MR) is 120 cm³/mol. The van der Waals surface area contributed by atoms with Gasteiger partial charge in [-0.15, -0.1) is 0 Å². The predicted octanol–water partition coefficient (Wildman–Crippen LogP) is 5.37. The lowest BCUT2D eigenvalue weighted by Gasteiger charge is -2.19. The first-order valence-corrected chi connectivity index (χ1v) is 9.80. The number of carbonyl (C=O) groups is 1. The highest BCUT2D eigenvalue weighted by molar-refractivity contribution is 5.68. The number of nitrogens with one attached hydrogen (secondary N) is 2. The van der Waals surface area contributed by atoms with Crippen molar-refractivity contribution in [3.05, 3.63) is 115 Å². The van der Waals surface area contributed by atoms with Crippen LogP contribution in [0.25, 0.3) is 11.1 Å². The van der Waals surface area contributed by atoms with Crippen molar-refractivity contribution < 1.29 is 13.9 Å². The van der Waals surface area contributed by atoms with Gasteiger partial charge in [0.05, 0.1) is 6.20 Å². The van der Waals surface area contributed by atoms with Crippen LogP contribution in [0.1, 0.15) is 17.0 Å². The molecule has 0 aliphatic carbocycles. The van der Waals surface area contributed by atoms with E-state index in [4.69, 9.17) is 4.74 Å². The van der Waals surface area contributed by atoms with Crippen molar-refractivity contribution in [1.82, 2.24) is 15.5 Å². The fraction of sp³-hybridized carbons (Fsp3) is 0.120. The third-order valence-electron chi connectivity index (χ3n) is 4.83. The molecule has 0 radical (unpaired) electrons. The SMILES string of the molecule is C=CC=C(C=C)COC(=O)NCC(c1ccc(F)cc1)c1ccc(-c2cn[nH]c2)cc1. The molecule has 3 rings (SSSR count). The van der Waals surface area contributed by atoms with Gasteiger partial charge in [-0.25, -0.2) is 9.18 Å². The van der Waals surface area contributed by atoms with Crippen LogP contribution < -0.4 is 5.32 Å². The Hall–Kier alpha value is -3.93. The highest BCUT2D eigenvalue weighted by Crippen LogP contribution is 2.27. The van der Waals surface area contributed by atoms with Gasteiger partial charge in [0.2, 0.25) is 0 Å². The maximum absolute atomic E-state index is 13.4. The molecule has 1 unspecified atom stereocenters. The molecule has 31 heavy (non-hydrogen) atoms. The number of benzene rings is 2. The average Bonchev–Trinajstić information content (AvgIpc) is 3.33. The number of ether oxygens (including phenoxy) is 1. The van der Waals surface area contributed by atoms with E-state index < -0.39 is 6.09 Å². The Bertz CT molecular complexity index is 1040. The highest BCUT2D eigenvalue weighted by atomic mass is 19.1. The number of hydrogen-bond donors (Lipinski definition) is 2. The van der Waals surface area contributed by atoms with Crippen molar-refractivity contribution in [3.8, 4) is 11.1 Å². The molecule has 1 aromatic heterocycles. The van der Waals surface area contributed by atoms with Crippen LogP contribution in [0.3, 0.4) is 0 Å². The summed E-state index contributed by atoms with van der Waals surface area (Å²) in [6.45, 7) is 7.69. The lowest BCUT2D eigenvalue weighted by molar-refractivity contribution is 0.156. The van der Waals surface area contributed by atoms with E-state index >= 15 is 0 Å². The lowest BCUT2D eigenvalue weighted by atomic mass is 9.90. The Morgan fingerprint density at radius 1 is 1.10 bits per heavy atom. The molecular formula is C25H24FN3O2. The van der Waals surface area contributed by atoms with E-state index in [1.165, 1.54) is 12.1 Å². The summed E-state index contributed by atoms with van der Waals surface area (Å²) < 4.78 is 18.7. The van der Waals surface area contributed by atoms with Crippen molar-refractivity contribution in [1.29, 1.82) is 0 Å². The van der Waals surface area contributed by atoms with Gasteiger partial charge in [0.25, 0.3) is 0 Å². The molecule has 2 N–H and O–H groups in total. The molecule has 0 bridgehead atoms. The summed E-state index contributed by atoms with van der Waals surface area (Å²) in [7, 11) is 0. The van der Waals surface area contributed by atoms with Crippen molar-refractivity contribution in [2.24, 2.45) is 0 Å². The summed E-state index contributed by atoms with van der Waals surface area (Å²) >= 11 is 0. The van der Waals surface area contributed by atoms with Gasteiger partial charge >= 0.3 is 6.09 Å². The first kappa shape index (κ1) is 21.8. The van der Waals surface area contributed by atoms with E-state index in [9.17, 15) is 9.18 Å². The van der Waals surface area contributed by atoms with Gasteiger partial charge in [0.1, 0.15) is 12.4 Å². The fourth-order valence-corrected chi connectivity index (χ4v) is 3.15. The third kappa shape index (κ3) is 6.02. The molecule has 0 aliphatic heterocycles. The Morgan fingerprint density at radius 3 is 2.35 bits per heavy atom. The quantitative estimate of drug-likeness (QED) is 0.460. The van der Waals surface area contributed by atoms with Crippen molar-refractivity contribution in [2.75, 3.05) is 13.2 Å². The molecular weight excluding hydrogens is 393 g/mol. The van der Waals surface area contributed by atoms with Crippen LogP contribution in [-0.4, -0.2) is 29.4 Å². The zero-order valence-corrected chi connectivity index (χ0v) is 17.1. The van der Waals surface area contributed by atoms with Crippen LogP contribution >= 0.6 is 0 Å². The fourth-order valence-electron chi connectivity index (χ4n) is 3.15. The number of hydrogen-bond acceptors (Lipinski definition) is 3. The average molecular weight is 417 g/mol. The van der Waals surface area contributed by atoms with Crippen molar-refractivity contribution >= 4 is 6.09 Å². The molecule has 0 fully saturated rings. The second-order valence-corrected chi connectivity index (χ2v) is 6.85. The minimum Gasteiger partial charge on any atom is -0.445 e. The Labute approximate surface area is 181 Å². The molecule has 0 aliphatic rings. The largest absolute Gasteiger partial charge is 0.445 e. The Kier molecular flexibility index (Phi) is 7.54. The van der Waals surface area contributed by atoms with Crippen LogP contribution in [0.15, 0.2) is 97.9 Å². The number of aromatic amines is 1. The molecule has 0 saturated heterocycles. The Morgan fingerprint density at radius 2 is 1.77 bits per heavy atom. The zero-order chi connectivity index (χ0) is 22.1. The number of H-pyrrole nitrogens is 1. The third-order valence-corrected chi connectivity index (χ3v) is 4.83. The number of alkyl carbamates (subject to hydrolysis) is 1. The monoisotopic (exact) mass is 417 g/mol. The summed E-state index contributed by atoms with van der Waals surface area (Å²) in [5.41, 5.74) is 4.62. The normalized spacial score (nSPS) is 12.1. The molecule has 1 amide bonds. The van der Waals surface area contributed by atoms with Crippen LogP contribution in [0, 0.1) is 5.82 Å². The van der Waals surface area contributed by atoms with Gasteiger partial charge in [0.15, 0.2) is 0 Å². The van der Waals surface area contributed by atoms with Gasteiger partial charge in [-0.2, -0.15) is 5.10 Å². The number of nitrogens with zero attached hydrogens (tertiary/aromatic N) is 1. The highest BCUT2D eigenvalue weighted by Gasteiger charge is 2.17. The molecule has 158 valence electrons. The number of rotatable bonds is 9. The smallest absolute Gasteiger partial charge is 0.407 e. The lowest BCUT2D eigenvalue weighted by Crippen LogP contribution is -2.30. The van der Waals surface area contributed by atoms with E-state index in [2.05, 4.69) is 28.7 Å². The summed E-state index contributed by atoms with van der Waals surface area (Å²) in [6.07, 6.45) is 7.97. The van der Waals surface area contributed by atoms with Crippen LogP contribution in [0.4, 0.5) is 9.18 Å².